The Morgan fingerprint density at radius 3 is 2.41 bits per heavy atom. The first-order valence-electron chi connectivity index (χ1n) is 12.4. The van der Waals surface area contributed by atoms with Gasteiger partial charge < -0.3 is 20.1 Å². The Bertz CT molecular complexity index is 1670. The van der Waals surface area contributed by atoms with E-state index in [-0.39, 0.29) is 11.2 Å². The van der Waals surface area contributed by atoms with Gasteiger partial charge in [0, 0.05) is 29.3 Å². The van der Waals surface area contributed by atoms with Crippen molar-refractivity contribution in [1.29, 1.82) is 0 Å². The number of aliphatic hydroxyl groups is 1. The maximum atomic E-state index is 14.0. The molecule has 0 aliphatic carbocycles. The van der Waals surface area contributed by atoms with E-state index in [0.29, 0.717) is 51.2 Å². The van der Waals surface area contributed by atoms with Crippen molar-refractivity contribution < 1.29 is 23.8 Å². The molecule has 0 spiro atoms. The molecule has 0 bridgehead atoms. The zero-order chi connectivity index (χ0) is 28.6. The lowest BCUT2D eigenvalue weighted by Gasteiger charge is -2.22. The molecule has 8 nitrogen and oxygen atoms in total. The lowest BCUT2D eigenvalue weighted by Crippen LogP contribution is -2.26. The van der Waals surface area contributed by atoms with Gasteiger partial charge in [-0.25, -0.2) is 8.96 Å². The summed E-state index contributed by atoms with van der Waals surface area (Å²) in [7, 11) is 0. The molecule has 0 radical (unpaired) electrons. The van der Waals surface area contributed by atoms with Crippen LogP contribution in [0.5, 0.6) is 11.5 Å². The van der Waals surface area contributed by atoms with Crippen LogP contribution >= 0.6 is 0 Å². The Morgan fingerprint density at radius 1 is 1.15 bits per heavy atom. The number of ether oxygens (including phenoxy) is 1. The number of nitrogens with one attached hydrogen (secondary N) is 2. The molecule has 4 aromatic rings. The van der Waals surface area contributed by atoms with Gasteiger partial charge in [-0.15, -0.1) is 0 Å². The Hall–Kier alpha value is -4.50. The number of halogens is 1. The number of benzene rings is 2. The highest BCUT2D eigenvalue weighted by atomic mass is 19.1. The molecule has 0 unspecified atom stereocenters. The Labute approximate surface area is 224 Å². The number of carbonyl (C=O) groups is 2. The van der Waals surface area contributed by atoms with Gasteiger partial charge in [0.1, 0.15) is 28.5 Å². The Morgan fingerprint density at radius 2 is 1.82 bits per heavy atom. The van der Waals surface area contributed by atoms with Crippen molar-refractivity contribution in [3.05, 3.63) is 93.8 Å². The fourth-order valence-corrected chi connectivity index (χ4v) is 4.45. The predicted molar refractivity (Wildman–Crippen MR) is 148 cm³/mol. The second-order valence-electron chi connectivity index (χ2n) is 9.83. The molecule has 0 saturated heterocycles. The van der Waals surface area contributed by atoms with Crippen molar-refractivity contribution in [2.45, 2.75) is 40.2 Å². The van der Waals surface area contributed by atoms with Gasteiger partial charge in [-0.1, -0.05) is 12.6 Å². The molecular formula is C30H30FN3O5. The van der Waals surface area contributed by atoms with Crippen LogP contribution in [-0.4, -0.2) is 33.0 Å². The fourth-order valence-electron chi connectivity index (χ4n) is 4.45. The molecule has 3 N–H and O–H groups in total. The van der Waals surface area contributed by atoms with E-state index in [2.05, 4.69) is 16.9 Å². The number of pyridine rings is 1. The van der Waals surface area contributed by atoms with E-state index in [1.807, 2.05) is 0 Å². The number of hydrogen-bond donors (Lipinski definition) is 3. The topological polar surface area (TPSA) is 113 Å². The largest absolute Gasteiger partial charge is 0.456 e. The smallest absolute Gasteiger partial charge is 0.281 e. The second-order valence-corrected chi connectivity index (χ2v) is 9.83. The van der Waals surface area contributed by atoms with Crippen LogP contribution in [0.25, 0.3) is 22.0 Å². The van der Waals surface area contributed by atoms with E-state index in [0.717, 1.165) is 10.6 Å². The van der Waals surface area contributed by atoms with Gasteiger partial charge >= 0.3 is 0 Å². The van der Waals surface area contributed by atoms with Crippen LogP contribution in [0.2, 0.25) is 0 Å². The molecule has 39 heavy (non-hydrogen) atoms. The average Bonchev–Trinajstić information content (AvgIpc) is 3.32. The van der Waals surface area contributed by atoms with E-state index in [9.17, 15) is 23.9 Å². The molecule has 202 valence electrons. The summed E-state index contributed by atoms with van der Waals surface area (Å²) in [4.78, 5) is 41.4. The lowest BCUT2D eigenvalue weighted by atomic mass is 9.93. The van der Waals surface area contributed by atoms with Crippen LogP contribution in [0.15, 0.2) is 60.0 Å². The molecule has 1 amide bonds. The number of aromatic amines is 1. The Kier molecular flexibility index (Phi) is 7.30. The molecule has 2 aromatic heterocycles. The molecule has 0 saturated carbocycles. The first-order valence-corrected chi connectivity index (χ1v) is 12.4. The first-order chi connectivity index (χ1) is 18.3. The monoisotopic (exact) mass is 531 g/mol. The SMILES string of the molecule is C=CC(=O)n1cc(-c2cc(C(C)(C)O)ccc2Oc2c(C)cc(F)cc2C)c2cc(C(=O)NCC)[nH]c2c1=O. The number of allylic oxidation sites excluding steroid dienone is 1. The second kappa shape index (κ2) is 10.3. The molecule has 2 aromatic carbocycles. The number of nitrogens with zero attached hydrogens (tertiary/aromatic N) is 1. The normalized spacial score (nSPS) is 11.5. The minimum atomic E-state index is -1.23. The summed E-state index contributed by atoms with van der Waals surface area (Å²) < 4.78 is 21.2. The lowest BCUT2D eigenvalue weighted by molar-refractivity contribution is 0.0785. The van der Waals surface area contributed by atoms with Crippen LogP contribution < -0.4 is 15.6 Å². The highest BCUT2D eigenvalue weighted by Gasteiger charge is 2.24. The van der Waals surface area contributed by atoms with Gasteiger partial charge in [0.05, 0.1) is 5.60 Å². The quantitative estimate of drug-likeness (QED) is 0.278. The van der Waals surface area contributed by atoms with Gasteiger partial charge in [0.25, 0.3) is 17.4 Å². The summed E-state index contributed by atoms with van der Waals surface area (Å²) in [6.07, 6.45) is 2.38. The molecule has 0 atom stereocenters. The van der Waals surface area contributed by atoms with E-state index >= 15 is 0 Å². The minimum Gasteiger partial charge on any atom is -0.456 e. The van der Waals surface area contributed by atoms with Crippen LogP contribution in [-0.2, 0) is 5.60 Å². The number of carbonyl (C=O) groups excluding carboxylic acids is 2. The summed E-state index contributed by atoms with van der Waals surface area (Å²) in [6, 6.07) is 9.32. The average molecular weight is 532 g/mol. The molecule has 0 fully saturated rings. The van der Waals surface area contributed by atoms with Crippen molar-refractivity contribution in [3.8, 4) is 22.6 Å². The zero-order valence-corrected chi connectivity index (χ0v) is 22.4. The third kappa shape index (κ3) is 5.26. The number of fused-ring (bicyclic) bond motifs is 1. The van der Waals surface area contributed by atoms with Crippen LogP contribution in [0.1, 0.15) is 52.7 Å². The minimum absolute atomic E-state index is 0.0395. The third-order valence-electron chi connectivity index (χ3n) is 6.41. The van der Waals surface area contributed by atoms with Crippen molar-refractivity contribution in [2.24, 2.45) is 0 Å². The third-order valence-corrected chi connectivity index (χ3v) is 6.41. The van der Waals surface area contributed by atoms with Gasteiger partial charge in [-0.05, 0) is 87.7 Å². The van der Waals surface area contributed by atoms with Gasteiger partial charge in [0.2, 0.25) is 0 Å². The maximum Gasteiger partial charge on any atom is 0.281 e. The van der Waals surface area contributed by atoms with E-state index in [1.165, 1.54) is 24.4 Å². The van der Waals surface area contributed by atoms with E-state index in [1.54, 1.807) is 52.8 Å². The van der Waals surface area contributed by atoms with Crippen LogP contribution in [0.3, 0.4) is 0 Å². The van der Waals surface area contributed by atoms with Crippen molar-refractivity contribution in [3.63, 3.8) is 0 Å². The zero-order valence-electron chi connectivity index (χ0n) is 22.4. The number of rotatable bonds is 7. The Balaban J connectivity index is 2.07. The first kappa shape index (κ1) is 27.5. The van der Waals surface area contributed by atoms with Crippen molar-refractivity contribution >= 4 is 22.7 Å². The van der Waals surface area contributed by atoms with Crippen molar-refractivity contribution in [2.75, 3.05) is 6.54 Å². The fraction of sp³-hybridized carbons (Fsp3) is 0.233. The number of aromatic nitrogens is 2. The van der Waals surface area contributed by atoms with Crippen LogP contribution in [0.4, 0.5) is 4.39 Å². The van der Waals surface area contributed by atoms with Crippen LogP contribution in [0, 0.1) is 19.7 Å². The standard InChI is InChI=1S/C30H30FN3O5/c1-7-25(35)34-15-22(21-14-23(28(36)32-8-2)33-26(21)29(34)37)20-13-18(30(5,6)38)9-10-24(20)39-27-16(3)11-19(31)12-17(27)4/h7,9-15,33,38H,1,8H2,2-6H3,(H,32,36). The van der Waals surface area contributed by atoms with Gasteiger partial charge in [-0.2, -0.15) is 0 Å². The molecule has 9 heteroatoms. The summed E-state index contributed by atoms with van der Waals surface area (Å²) in [5, 5.41) is 13.8. The number of H-pyrrole nitrogens is 1. The highest BCUT2D eigenvalue weighted by Crippen LogP contribution is 2.41. The van der Waals surface area contributed by atoms with Gasteiger partial charge in [0.15, 0.2) is 0 Å². The molecule has 2 heterocycles. The van der Waals surface area contributed by atoms with E-state index in [4.69, 9.17) is 4.74 Å². The molecule has 0 aliphatic rings. The van der Waals surface area contributed by atoms with E-state index < -0.39 is 28.8 Å². The molecule has 0 aliphatic heterocycles. The van der Waals surface area contributed by atoms with Crippen molar-refractivity contribution in [1.82, 2.24) is 14.9 Å². The highest BCUT2D eigenvalue weighted by molar-refractivity contribution is 6.04. The maximum absolute atomic E-state index is 14.0. The summed E-state index contributed by atoms with van der Waals surface area (Å²) in [5.74, 6) is -0.697. The number of amides is 1. The predicted octanol–water partition coefficient (Wildman–Crippen LogP) is 5.35. The number of aryl methyl sites for hydroxylation is 2. The summed E-state index contributed by atoms with van der Waals surface area (Å²) in [5.41, 5.74) is 0.810. The molecular weight excluding hydrogens is 501 g/mol. The van der Waals surface area contributed by atoms with Gasteiger partial charge in [-0.3, -0.25) is 14.4 Å². The summed E-state index contributed by atoms with van der Waals surface area (Å²) >= 11 is 0. The molecule has 4 rings (SSSR count). The number of hydrogen-bond acceptors (Lipinski definition) is 5. The summed E-state index contributed by atoms with van der Waals surface area (Å²) in [6.45, 7) is 12.3.